The molecule has 0 aliphatic carbocycles. The molecular weight excluding hydrogens is 286 g/mol. The van der Waals surface area contributed by atoms with Gasteiger partial charge >= 0.3 is 0 Å². The van der Waals surface area contributed by atoms with Gasteiger partial charge in [0.25, 0.3) is 0 Å². The van der Waals surface area contributed by atoms with Gasteiger partial charge in [0.1, 0.15) is 5.78 Å². The summed E-state index contributed by atoms with van der Waals surface area (Å²) in [6.07, 6.45) is 7.59. The summed E-state index contributed by atoms with van der Waals surface area (Å²) in [6, 6.07) is -1.25. The molecule has 0 aromatic carbocycles. The topological polar surface area (TPSA) is 107 Å². The molecule has 2 N–H and O–H groups in total. The lowest BCUT2D eigenvalue weighted by molar-refractivity contribution is -0.308. The summed E-state index contributed by atoms with van der Waals surface area (Å²) in [4.78, 5) is 33.9. The van der Waals surface area contributed by atoms with Gasteiger partial charge in [-0.15, -0.1) is 0 Å². The molecule has 0 saturated heterocycles. The summed E-state index contributed by atoms with van der Waals surface area (Å²) < 4.78 is 0. The summed E-state index contributed by atoms with van der Waals surface area (Å²) in [5.74, 6) is -2.27. The van der Waals surface area contributed by atoms with Crippen molar-refractivity contribution >= 4 is 17.7 Å². The SMILES string of the molecule is CCCCCCCCCC(=O)CC(=O)N[C@@H](CCO)C(=O)[O-]. The fourth-order valence-corrected chi connectivity index (χ4v) is 2.17. The van der Waals surface area contributed by atoms with Gasteiger partial charge in [-0.3, -0.25) is 9.59 Å². The van der Waals surface area contributed by atoms with E-state index in [0.29, 0.717) is 6.42 Å². The van der Waals surface area contributed by atoms with Gasteiger partial charge in [-0.2, -0.15) is 0 Å². The summed E-state index contributed by atoms with van der Waals surface area (Å²) >= 11 is 0. The van der Waals surface area contributed by atoms with Crippen LogP contribution in [0.25, 0.3) is 0 Å². The van der Waals surface area contributed by atoms with Crippen molar-refractivity contribution in [3.05, 3.63) is 0 Å². The number of carbonyl (C=O) groups excluding carboxylic acids is 3. The average Bonchev–Trinajstić information content (AvgIpc) is 2.45. The summed E-state index contributed by atoms with van der Waals surface area (Å²) in [5, 5.41) is 21.6. The van der Waals surface area contributed by atoms with Crippen molar-refractivity contribution in [2.45, 2.75) is 77.2 Å². The first kappa shape index (κ1) is 20.6. The second kappa shape index (κ2) is 13.2. The average molecular weight is 314 g/mol. The predicted molar refractivity (Wildman–Crippen MR) is 80.9 cm³/mol. The maximum absolute atomic E-state index is 11.6. The summed E-state index contributed by atoms with van der Waals surface area (Å²) in [7, 11) is 0. The zero-order valence-electron chi connectivity index (χ0n) is 13.4. The van der Waals surface area contributed by atoms with E-state index in [-0.39, 0.29) is 25.2 Å². The number of carbonyl (C=O) groups is 3. The molecule has 0 aliphatic rings. The van der Waals surface area contributed by atoms with Crippen molar-refractivity contribution < 1.29 is 24.6 Å². The Morgan fingerprint density at radius 1 is 1.05 bits per heavy atom. The molecule has 0 aliphatic heterocycles. The van der Waals surface area contributed by atoms with Crippen LogP contribution in [0.1, 0.15) is 71.1 Å². The van der Waals surface area contributed by atoms with Crippen molar-refractivity contribution in [3.8, 4) is 0 Å². The first-order valence-electron chi connectivity index (χ1n) is 8.14. The van der Waals surface area contributed by atoms with Gasteiger partial charge in [-0.25, -0.2) is 0 Å². The maximum atomic E-state index is 11.6. The highest BCUT2D eigenvalue weighted by molar-refractivity contribution is 5.99. The van der Waals surface area contributed by atoms with E-state index in [0.717, 1.165) is 19.3 Å². The van der Waals surface area contributed by atoms with E-state index in [2.05, 4.69) is 12.2 Å². The third kappa shape index (κ3) is 11.3. The molecule has 6 nitrogen and oxygen atoms in total. The van der Waals surface area contributed by atoms with Crippen LogP contribution in [-0.2, 0) is 14.4 Å². The molecule has 0 radical (unpaired) electrons. The van der Waals surface area contributed by atoms with Gasteiger partial charge in [0.05, 0.1) is 18.4 Å². The van der Waals surface area contributed by atoms with Crippen LogP contribution < -0.4 is 10.4 Å². The molecule has 1 atom stereocenters. The Morgan fingerprint density at radius 2 is 1.64 bits per heavy atom. The normalized spacial score (nSPS) is 11.9. The second-order valence-electron chi connectivity index (χ2n) is 5.54. The number of aliphatic hydroxyl groups excluding tert-OH is 1. The van der Waals surface area contributed by atoms with Gasteiger partial charge in [0.15, 0.2) is 0 Å². The van der Waals surface area contributed by atoms with Gasteiger partial charge in [-0.05, 0) is 12.8 Å². The van der Waals surface area contributed by atoms with Gasteiger partial charge in [0.2, 0.25) is 5.91 Å². The number of Topliss-reactive ketones (excluding diaryl/α,β-unsaturated/α-hetero) is 1. The molecular formula is C16H28NO5-. The number of aliphatic hydroxyl groups is 1. The molecule has 0 aromatic rings. The monoisotopic (exact) mass is 314 g/mol. The maximum Gasteiger partial charge on any atom is 0.227 e. The quantitative estimate of drug-likeness (QED) is 0.363. The minimum Gasteiger partial charge on any atom is -0.548 e. The number of carboxylic acid groups (broad SMARTS) is 1. The molecule has 0 saturated carbocycles. The molecule has 0 heterocycles. The van der Waals surface area contributed by atoms with Crippen molar-refractivity contribution in [2.24, 2.45) is 0 Å². The number of ketones is 1. The molecule has 0 spiro atoms. The molecule has 0 unspecified atom stereocenters. The Morgan fingerprint density at radius 3 is 2.18 bits per heavy atom. The van der Waals surface area contributed by atoms with Crippen LogP contribution in [0.5, 0.6) is 0 Å². The van der Waals surface area contributed by atoms with Crippen LogP contribution in [0, 0.1) is 0 Å². The highest BCUT2D eigenvalue weighted by Gasteiger charge is 2.15. The predicted octanol–water partition coefficient (Wildman–Crippen LogP) is 0.703. The third-order valence-electron chi connectivity index (χ3n) is 3.45. The number of hydrogen-bond donors (Lipinski definition) is 2. The summed E-state index contributed by atoms with van der Waals surface area (Å²) in [6.45, 7) is 1.79. The number of unbranched alkanes of at least 4 members (excludes halogenated alkanes) is 6. The third-order valence-corrected chi connectivity index (χ3v) is 3.45. The van der Waals surface area contributed by atoms with Crippen LogP contribution in [0.15, 0.2) is 0 Å². The highest BCUT2D eigenvalue weighted by atomic mass is 16.4. The molecule has 0 fully saturated rings. The van der Waals surface area contributed by atoms with Gasteiger partial charge < -0.3 is 20.3 Å². The number of hydrogen-bond acceptors (Lipinski definition) is 5. The van der Waals surface area contributed by atoms with E-state index < -0.39 is 17.9 Å². The van der Waals surface area contributed by atoms with E-state index in [1.165, 1.54) is 25.7 Å². The van der Waals surface area contributed by atoms with Crippen molar-refractivity contribution in [1.82, 2.24) is 5.32 Å². The van der Waals surface area contributed by atoms with Crippen molar-refractivity contribution in [2.75, 3.05) is 6.61 Å². The lowest BCUT2D eigenvalue weighted by Gasteiger charge is -2.18. The van der Waals surface area contributed by atoms with Crippen molar-refractivity contribution in [1.29, 1.82) is 0 Å². The molecule has 1 amide bonds. The Kier molecular flexibility index (Phi) is 12.4. The van der Waals surface area contributed by atoms with Gasteiger partial charge in [-0.1, -0.05) is 45.4 Å². The second-order valence-corrected chi connectivity index (χ2v) is 5.54. The van der Waals surface area contributed by atoms with Crippen LogP contribution in [0.2, 0.25) is 0 Å². The van der Waals surface area contributed by atoms with E-state index in [9.17, 15) is 19.5 Å². The van der Waals surface area contributed by atoms with E-state index >= 15 is 0 Å². The van der Waals surface area contributed by atoms with Crippen LogP contribution in [0.3, 0.4) is 0 Å². The molecule has 6 heteroatoms. The molecule has 0 bridgehead atoms. The number of carboxylic acids is 1. The van der Waals surface area contributed by atoms with Crippen LogP contribution >= 0.6 is 0 Å². The number of aliphatic carboxylic acids is 1. The number of nitrogens with one attached hydrogen (secondary N) is 1. The molecule has 0 aromatic heterocycles. The van der Waals surface area contributed by atoms with E-state index in [4.69, 9.17) is 5.11 Å². The summed E-state index contributed by atoms with van der Waals surface area (Å²) in [5.41, 5.74) is 0. The van der Waals surface area contributed by atoms with E-state index in [1.54, 1.807) is 0 Å². The van der Waals surface area contributed by atoms with E-state index in [1.807, 2.05) is 0 Å². The minimum absolute atomic E-state index is 0.125. The molecule has 0 rings (SSSR count). The Hall–Kier alpha value is -1.43. The standard InChI is InChI=1S/C16H29NO5/c1-2-3-4-5-6-7-8-9-13(19)12-15(20)17-14(10-11-18)16(21)22/h14,18H,2-12H2,1H3,(H,17,20)(H,21,22)/p-1/t14-/m0/s1. The van der Waals surface area contributed by atoms with Crippen LogP contribution in [-0.4, -0.2) is 35.4 Å². The largest absolute Gasteiger partial charge is 0.548 e. The smallest absolute Gasteiger partial charge is 0.227 e. The van der Waals surface area contributed by atoms with Crippen LogP contribution in [0.4, 0.5) is 0 Å². The highest BCUT2D eigenvalue weighted by Crippen LogP contribution is 2.09. The first-order chi connectivity index (χ1) is 10.5. The Balaban J connectivity index is 3.77. The lowest BCUT2D eigenvalue weighted by Crippen LogP contribution is -2.48. The minimum atomic E-state index is -1.46. The van der Waals surface area contributed by atoms with Gasteiger partial charge in [0, 0.05) is 13.0 Å². The lowest BCUT2D eigenvalue weighted by atomic mass is 10.1. The number of amides is 1. The zero-order valence-corrected chi connectivity index (χ0v) is 13.4. The first-order valence-corrected chi connectivity index (χ1v) is 8.14. The van der Waals surface area contributed by atoms with Crippen molar-refractivity contribution in [3.63, 3.8) is 0 Å². The zero-order chi connectivity index (χ0) is 16.8. The Bertz CT molecular complexity index is 343. The number of rotatable bonds is 14. The Labute approximate surface area is 132 Å². The molecule has 128 valence electrons. The fourth-order valence-electron chi connectivity index (χ4n) is 2.17. The molecule has 22 heavy (non-hydrogen) atoms. The fraction of sp³-hybridized carbons (Fsp3) is 0.812.